The van der Waals surface area contributed by atoms with Gasteiger partial charge in [0.25, 0.3) is 0 Å². The molecule has 2 aliphatic carbocycles. The van der Waals surface area contributed by atoms with Crippen molar-refractivity contribution in [3.05, 3.63) is 11.6 Å². The molecule has 2 fully saturated rings. The highest BCUT2D eigenvalue weighted by atomic mass is 16.2. The van der Waals surface area contributed by atoms with Crippen LogP contribution in [0.25, 0.3) is 0 Å². The van der Waals surface area contributed by atoms with Gasteiger partial charge in [0, 0.05) is 25.6 Å². The summed E-state index contributed by atoms with van der Waals surface area (Å²) in [5, 5.41) is 3.03. The van der Waals surface area contributed by atoms with E-state index in [-0.39, 0.29) is 17.7 Å². The number of carbonyl (C=O) groups is 2. The third-order valence-electron chi connectivity index (χ3n) is 5.18. The van der Waals surface area contributed by atoms with Crippen molar-refractivity contribution >= 4 is 11.8 Å². The molecule has 1 aliphatic heterocycles. The van der Waals surface area contributed by atoms with Gasteiger partial charge in [0.05, 0.1) is 5.92 Å². The van der Waals surface area contributed by atoms with Gasteiger partial charge in [-0.25, -0.2) is 0 Å². The lowest BCUT2D eigenvalue weighted by molar-refractivity contribution is -0.131. The SMILES string of the molecule is O=C(NCCC1=CCCCC1)C1CC(=O)N(C2CCC2)C1. The molecular weight excluding hydrogens is 264 g/mol. The van der Waals surface area contributed by atoms with Crippen molar-refractivity contribution in [3.8, 4) is 0 Å². The van der Waals surface area contributed by atoms with Gasteiger partial charge in [0.1, 0.15) is 0 Å². The average Bonchev–Trinajstić information content (AvgIpc) is 2.80. The third kappa shape index (κ3) is 3.47. The van der Waals surface area contributed by atoms with E-state index in [1.807, 2.05) is 4.90 Å². The Balaban J connectivity index is 1.41. The highest BCUT2D eigenvalue weighted by molar-refractivity contribution is 5.89. The molecule has 2 amide bonds. The highest BCUT2D eigenvalue weighted by Gasteiger charge is 2.39. The van der Waals surface area contributed by atoms with Crippen molar-refractivity contribution in [2.24, 2.45) is 5.92 Å². The number of likely N-dealkylation sites (tertiary alicyclic amines) is 1. The van der Waals surface area contributed by atoms with Gasteiger partial charge in [0.15, 0.2) is 0 Å². The van der Waals surface area contributed by atoms with Crippen molar-refractivity contribution in [1.29, 1.82) is 0 Å². The van der Waals surface area contributed by atoms with Gasteiger partial charge in [0.2, 0.25) is 11.8 Å². The number of amides is 2. The minimum Gasteiger partial charge on any atom is -0.355 e. The van der Waals surface area contributed by atoms with Crippen LogP contribution in [0.15, 0.2) is 11.6 Å². The summed E-state index contributed by atoms with van der Waals surface area (Å²) in [5.41, 5.74) is 1.49. The summed E-state index contributed by atoms with van der Waals surface area (Å²) in [5.74, 6) is 0.120. The number of hydrogen-bond donors (Lipinski definition) is 1. The van der Waals surface area contributed by atoms with E-state index in [9.17, 15) is 9.59 Å². The van der Waals surface area contributed by atoms with Gasteiger partial charge in [-0.05, 0) is 51.4 Å². The second kappa shape index (κ2) is 6.63. The predicted octanol–water partition coefficient (Wildman–Crippen LogP) is 2.39. The maximum atomic E-state index is 12.2. The molecule has 4 nitrogen and oxygen atoms in total. The Labute approximate surface area is 127 Å². The summed E-state index contributed by atoms with van der Waals surface area (Å²) >= 11 is 0. The van der Waals surface area contributed by atoms with Crippen LogP contribution in [0.3, 0.4) is 0 Å². The van der Waals surface area contributed by atoms with Gasteiger partial charge in [-0.3, -0.25) is 9.59 Å². The zero-order valence-corrected chi connectivity index (χ0v) is 12.8. The first-order chi connectivity index (χ1) is 10.2. The molecule has 0 aromatic rings. The van der Waals surface area contributed by atoms with Gasteiger partial charge >= 0.3 is 0 Å². The number of nitrogens with one attached hydrogen (secondary N) is 1. The summed E-state index contributed by atoms with van der Waals surface area (Å²) < 4.78 is 0. The Hall–Kier alpha value is -1.32. The minimum absolute atomic E-state index is 0.0709. The van der Waals surface area contributed by atoms with E-state index in [2.05, 4.69) is 11.4 Å². The zero-order chi connectivity index (χ0) is 14.7. The summed E-state index contributed by atoms with van der Waals surface area (Å²) in [6.07, 6.45) is 12.1. The zero-order valence-electron chi connectivity index (χ0n) is 12.8. The first kappa shape index (κ1) is 14.6. The third-order valence-corrected chi connectivity index (χ3v) is 5.18. The molecule has 1 saturated carbocycles. The number of nitrogens with zero attached hydrogens (tertiary/aromatic N) is 1. The van der Waals surface area contributed by atoms with Crippen LogP contribution in [0.1, 0.15) is 57.8 Å². The Morgan fingerprint density at radius 2 is 2.14 bits per heavy atom. The van der Waals surface area contributed by atoms with E-state index < -0.39 is 0 Å². The Morgan fingerprint density at radius 1 is 1.29 bits per heavy atom. The molecule has 3 aliphatic rings. The van der Waals surface area contributed by atoms with Crippen molar-refractivity contribution in [1.82, 2.24) is 10.2 Å². The number of carbonyl (C=O) groups excluding carboxylic acids is 2. The fourth-order valence-corrected chi connectivity index (χ4v) is 3.58. The Kier molecular flexibility index (Phi) is 4.61. The molecule has 0 bridgehead atoms. The average molecular weight is 290 g/mol. The van der Waals surface area contributed by atoms with Crippen LogP contribution in [0, 0.1) is 5.92 Å². The normalized spacial score (nSPS) is 26.5. The van der Waals surface area contributed by atoms with Crippen LogP contribution in [0.5, 0.6) is 0 Å². The lowest BCUT2D eigenvalue weighted by Gasteiger charge is -2.34. The number of hydrogen-bond acceptors (Lipinski definition) is 2. The van der Waals surface area contributed by atoms with E-state index in [0.29, 0.717) is 19.0 Å². The van der Waals surface area contributed by atoms with Crippen LogP contribution < -0.4 is 5.32 Å². The molecule has 1 saturated heterocycles. The van der Waals surface area contributed by atoms with E-state index in [4.69, 9.17) is 0 Å². The summed E-state index contributed by atoms with van der Waals surface area (Å²) in [7, 11) is 0. The van der Waals surface area contributed by atoms with Crippen LogP contribution in [0.4, 0.5) is 0 Å². The molecule has 1 unspecified atom stereocenters. The van der Waals surface area contributed by atoms with Gasteiger partial charge in [-0.1, -0.05) is 11.6 Å². The molecule has 1 atom stereocenters. The van der Waals surface area contributed by atoms with E-state index in [1.165, 1.54) is 37.7 Å². The van der Waals surface area contributed by atoms with Crippen molar-refractivity contribution in [2.45, 2.75) is 63.8 Å². The quantitative estimate of drug-likeness (QED) is 0.790. The number of allylic oxidation sites excluding steroid dienone is 1. The standard InChI is InChI=1S/C17H26N2O2/c20-16-11-14(12-19(16)15-7-4-8-15)17(21)18-10-9-13-5-2-1-3-6-13/h5,14-15H,1-4,6-12H2,(H,18,21). The van der Waals surface area contributed by atoms with Crippen LogP contribution in [0.2, 0.25) is 0 Å². The second-order valence-corrected chi connectivity index (χ2v) is 6.68. The van der Waals surface area contributed by atoms with E-state index >= 15 is 0 Å². The second-order valence-electron chi connectivity index (χ2n) is 6.68. The summed E-state index contributed by atoms with van der Waals surface area (Å²) in [6, 6.07) is 0.419. The maximum absolute atomic E-state index is 12.2. The first-order valence-electron chi connectivity index (χ1n) is 8.49. The predicted molar refractivity (Wildman–Crippen MR) is 81.6 cm³/mol. The van der Waals surface area contributed by atoms with E-state index in [0.717, 1.165) is 25.8 Å². The molecular formula is C17H26N2O2. The highest BCUT2D eigenvalue weighted by Crippen LogP contribution is 2.30. The van der Waals surface area contributed by atoms with Gasteiger partial charge in [-0.2, -0.15) is 0 Å². The lowest BCUT2D eigenvalue weighted by atomic mass is 9.92. The first-order valence-corrected chi connectivity index (χ1v) is 8.49. The molecule has 21 heavy (non-hydrogen) atoms. The maximum Gasteiger partial charge on any atom is 0.225 e. The molecule has 4 heteroatoms. The molecule has 1 N–H and O–H groups in total. The fraction of sp³-hybridized carbons (Fsp3) is 0.765. The van der Waals surface area contributed by atoms with Crippen LogP contribution in [-0.4, -0.2) is 35.8 Å². The largest absolute Gasteiger partial charge is 0.355 e. The molecule has 116 valence electrons. The van der Waals surface area contributed by atoms with Gasteiger partial charge in [-0.15, -0.1) is 0 Å². The molecule has 0 aromatic heterocycles. The smallest absolute Gasteiger partial charge is 0.225 e. The molecule has 3 rings (SSSR count). The fourth-order valence-electron chi connectivity index (χ4n) is 3.58. The van der Waals surface area contributed by atoms with Crippen molar-refractivity contribution in [2.75, 3.05) is 13.1 Å². The van der Waals surface area contributed by atoms with Crippen molar-refractivity contribution in [3.63, 3.8) is 0 Å². The van der Waals surface area contributed by atoms with E-state index in [1.54, 1.807) is 0 Å². The summed E-state index contributed by atoms with van der Waals surface area (Å²) in [6.45, 7) is 1.36. The van der Waals surface area contributed by atoms with Crippen molar-refractivity contribution < 1.29 is 9.59 Å². The number of rotatable bonds is 5. The summed E-state index contributed by atoms with van der Waals surface area (Å²) in [4.78, 5) is 26.1. The molecule has 1 heterocycles. The molecule has 0 radical (unpaired) electrons. The Bertz CT molecular complexity index is 440. The monoisotopic (exact) mass is 290 g/mol. The lowest BCUT2D eigenvalue weighted by Crippen LogP contribution is -2.42. The Morgan fingerprint density at radius 3 is 2.81 bits per heavy atom. The topological polar surface area (TPSA) is 49.4 Å². The van der Waals surface area contributed by atoms with Crippen LogP contribution >= 0.6 is 0 Å². The van der Waals surface area contributed by atoms with Crippen LogP contribution in [-0.2, 0) is 9.59 Å². The molecule has 0 aromatic carbocycles. The van der Waals surface area contributed by atoms with Gasteiger partial charge < -0.3 is 10.2 Å². The minimum atomic E-state index is -0.126. The molecule has 0 spiro atoms.